The Morgan fingerprint density at radius 2 is 1.76 bits per heavy atom. The molecule has 0 saturated heterocycles. The standard InChI is InChI=1S/C27H29N3O3/c1-17-9-10-18(2)24(13-17)30-27(31)29-15-21(19-11-12-25(32-3)26(14-19)33-4)22-16-28-23-8-6-5-7-20(22)23/h5-14,16,21,28H,15H2,1-4H3,(H2,29,30,31). The van der Waals surface area contributed by atoms with Gasteiger partial charge >= 0.3 is 6.03 Å². The van der Waals surface area contributed by atoms with Gasteiger partial charge in [0.05, 0.1) is 14.2 Å². The van der Waals surface area contributed by atoms with Crippen molar-refractivity contribution in [1.29, 1.82) is 0 Å². The molecule has 0 saturated carbocycles. The number of benzene rings is 3. The largest absolute Gasteiger partial charge is 0.493 e. The Hall–Kier alpha value is -3.93. The van der Waals surface area contributed by atoms with Crippen LogP contribution in [0, 0.1) is 13.8 Å². The molecule has 1 atom stereocenters. The lowest BCUT2D eigenvalue weighted by Crippen LogP contribution is -2.33. The van der Waals surface area contributed by atoms with Gasteiger partial charge in [-0.15, -0.1) is 0 Å². The first-order valence-corrected chi connectivity index (χ1v) is 10.9. The smallest absolute Gasteiger partial charge is 0.319 e. The molecule has 1 unspecified atom stereocenters. The van der Waals surface area contributed by atoms with E-state index in [1.807, 2.05) is 74.6 Å². The van der Waals surface area contributed by atoms with Crippen LogP contribution in [0.4, 0.5) is 10.5 Å². The third-order valence-corrected chi connectivity index (χ3v) is 5.91. The van der Waals surface area contributed by atoms with Crippen LogP contribution in [0.25, 0.3) is 10.9 Å². The zero-order chi connectivity index (χ0) is 23.4. The Kier molecular flexibility index (Phi) is 6.54. The van der Waals surface area contributed by atoms with E-state index in [1.165, 1.54) is 0 Å². The highest BCUT2D eigenvalue weighted by Gasteiger charge is 2.21. The lowest BCUT2D eigenvalue weighted by Gasteiger charge is -2.20. The zero-order valence-corrected chi connectivity index (χ0v) is 19.4. The molecular formula is C27H29N3O3. The number of ether oxygens (including phenoxy) is 2. The SMILES string of the molecule is COc1ccc(C(CNC(=O)Nc2cc(C)ccc2C)c2c[nH]c3ccccc23)cc1OC. The summed E-state index contributed by atoms with van der Waals surface area (Å²) in [6.45, 7) is 4.40. The molecular weight excluding hydrogens is 414 g/mol. The number of aromatic amines is 1. The van der Waals surface area contributed by atoms with Crippen LogP contribution in [0.5, 0.6) is 11.5 Å². The molecule has 0 radical (unpaired) electrons. The molecule has 1 heterocycles. The summed E-state index contributed by atoms with van der Waals surface area (Å²) in [6, 6.07) is 19.8. The van der Waals surface area contributed by atoms with Crippen LogP contribution in [0.2, 0.25) is 0 Å². The summed E-state index contributed by atoms with van der Waals surface area (Å²) in [5, 5.41) is 7.16. The monoisotopic (exact) mass is 443 g/mol. The number of rotatable bonds is 7. The van der Waals surface area contributed by atoms with Gasteiger partial charge in [0.25, 0.3) is 0 Å². The summed E-state index contributed by atoms with van der Waals surface area (Å²) in [5.41, 5.74) is 6.09. The van der Waals surface area contributed by atoms with E-state index in [-0.39, 0.29) is 11.9 Å². The number of para-hydroxylation sites is 1. The van der Waals surface area contributed by atoms with E-state index in [1.54, 1.807) is 14.2 Å². The van der Waals surface area contributed by atoms with Crippen LogP contribution in [-0.4, -0.2) is 31.8 Å². The number of fused-ring (bicyclic) bond motifs is 1. The van der Waals surface area contributed by atoms with Crippen molar-refractivity contribution in [3.05, 3.63) is 89.1 Å². The summed E-state index contributed by atoms with van der Waals surface area (Å²) in [4.78, 5) is 16.1. The number of aromatic nitrogens is 1. The Bertz CT molecular complexity index is 1280. The number of amides is 2. The number of anilines is 1. The molecule has 2 amide bonds. The first kappa shape index (κ1) is 22.3. The van der Waals surface area contributed by atoms with Gasteiger partial charge in [-0.05, 0) is 60.4 Å². The van der Waals surface area contributed by atoms with Crippen molar-refractivity contribution in [3.8, 4) is 11.5 Å². The van der Waals surface area contributed by atoms with Crippen molar-refractivity contribution in [1.82, 2.24) is 10.3 Å². The third kappa shape index (κ3) is 4.80. The number of hydrogen-bond donors (Lipinski definition) is 3. The van der Waals surface area contributed by atoms with Crippen LogP contribution in [-0.2, 0) is 0 Å². The molecule has 1 aromatic heterocycles. The van der Waals surface area contributed by atoms with Crippen LogP contribution >= 0.6 is 0 Å². The van der Waals surface area contributed by atoms with Crippen LogP contribution in [0.15, 0.2) is 66.9 Å². The van der Waals surface area contributed by atoms with Gasteiger partial charge in [0.1, 0.15) is 0 Å². The minimum absolute atomic E-state index is 0.0923. The number of urea groups is 1. The van der Waals surface area contributed by atoms with Crippen LogP contribution in [0.3, 0.4) is 0 Å². The Morgan fingerprint density at radius 1 is 0.970 bits per heavy atom. The van der Waals surface area contributed by atoms with E-state index >= 15 is 0 Å². The van der Waals surface area contributed by atoms with E-state index in [4.69, 9.17) is 9.47 Å². The molecule has 0 fully saturated rings. The minimum atomic E-state index is -0.242. The van der Waals surface area contributed by atoms with Gasteiger partial charge in [-0.3, -0.25) is 0 Å². The van der Waals surface area contributed by atoms with Crippen LogP contribution < -0.4 is 20.1 Å². The van der Waals surface area contributed by atoms with E-state index in [0.29, 0.717) is 18.0 Å². The number of methoxy groups -OCH3 is 2. The number of hydrogen-bond acceptors (Lipinski definition) is 3. The molecule has 0 aliphatic carbocycles. The predicted octanol–water partition coefficient (Wildman–Crippen LogP) is 5.76. The van der Waals surface area contributed by atoms with Gasteiger partial charge in [-0.2, -0.15) is 0 Å². The average molecular weight is 444 g/mol. The third-order valence-electron chi connectivity index (χ3n) is 5.91. The maximum atomic E-state index is 12.8. The quantitative estimate of drug-likeness (QED) is 0.340. The van der Waals surface area contributed by atoms with E-state index in [2.05, 4.69) is 21.7 Å². The highest BCUT2D eigenvalue weighted by atomic mass is 16.5. The van der Waals surface area contributed by atoms with Crippen molar-refractivity contribution in [2.45, 2.75) is 19.8 Å². The lowest BCUT2D eigenvalue weighted by atomic mass is 9.90. The Labute approximate surface area is 193 Å². The Balaban J connectivity index is 1.63. The first-order valence-electron chi connectivity index (χ1n) is 10.9. The fraction of sp³-hybridized carbons (Fsp3) is 0.222. The van der Waals surface area contributed by atoms with Gasteiger partial charge in [0, 0.05) is 35.2 Å². The predicted molar refractivity (Wildman–Crippen MR) is 133 cm³/mol. The summed E-state index contributed by atoms with van der Waals surface area (Å²) in [5.74, 6) is 1.23. The number of aryl methyl sites for hydroxylation is 2. The first-order chi connectivity index (χ1) is 16.0. The summed E-state index contributed by atoms with van der Waals surface area (Å²) < 4.78 is 10.9. The topological polar surface area (TPSA) is 75.4 Å². The highest BCUT2D eigenvalue weighted by molar-refractivity contribution is 5.90. The molecule has 4 rings (SSSR count). The molecule has 4 aromatic rings. The summed E-state index contributed by atoms with van der Waals surface area (Å²) in [6.07, 6.45) is 2.01. The summed E-state index contributed by atoms with van der Waals surface area (Å²) in [7, 11) is 3.24. The molecule has 6 heteroatoms. The zero-order valence-electron chi connectivity index (χ0n) is 19.4. The molecule has 0 aliphatic heterocycles. The van der Waals surface area contributed by atoms with Crippen molar-refractivity contribution in [2.75, 3.05) is 26.1 Å². The number of nitrogens with one attached hydrogen (secondary N) is 3. The van der Waals surface area contributed by atoms with E-state index in [0.717, 1.165) is 38.8 Å². The van der Waals surface area contributed by atoms with Gasteiger partial charge in [0.2, 0.25) is 0 Å². The molecule has 3 N–H and O–H groups in total. The Morgan fingerprint density at radius 3 is 2.55 bits per heavy atom. The molecule has 6 nitrogen and oxygen atoms in total. The number of carbonyl (C=O) groups excluding carboxylic acids is 1. The highest BCUT2D eigenvalue weighted by Crippen LogP contribution is 2.35. The van der Waals surface area contributed by atoms with Crippen LogP contribution in [0.1, 0.15) is 28.2 Å². The molecule has 33 heavy (non-hydrogen) atoms. The number of carbonyl (C=O) groups is 1. The molecule has 3 aromatic carbocycles. The second-order valence-electron chi connectivity index (χ2n) is 8.11. The molecule has 0 aliphatic rings. The second kappa shape index (κ2) is 9.69. The van der Waals surface area contributed by atoms with Crippen molar-refractivity contribution in [2.24, 2.45) is 0 Å². The van der Waals surface area contributed by atoms with Crippen molar-refractivity contribution >= 4 is 22.6 Å². The van der Waals surface area contributed by atoms with Gasteiger partial charge < -0.3 is 25.1 Å². The normalized spacial score (nSPS) is 11.8. The maximum absolute atomic E-state index is 12.8. The molecule has 0 bridgehead atoms. The maximum Gasteiger partial charge on any atom is 0.319 e. The number of H-pyrrole nitrogens is 1. The molecule has 0 spiro atoms. The van der Waals surface area contributed by atoms with Gasteiger partial charge in [0.15, 0.2) is 11.5 Å². The fourth-order valence-corrected chi connectivity index (χ4v) is 4.09. The second-order valence-corrected chi connectivity index (χ2v) is 8.11. The minimum Gasteiger partial charge on any atom is -0.493 e. The lowest BCUT2D eigenvalue weighted by molar-refractivity contribution is 0.252. The van der Waals surface area contributed by atoms with E-state index in [9.17, 15) is 4.79 Å². The van der Waals surface area contributed by atoms with Gasteiger partial charge in [-0.1, -0.05) is 36.4 Å². The summed E-state index contributed by atoms with van der Waals surface area (Å²) >= 11 is 0. The molecule has 170 valence electrons. The van der Waals surface area contributed by atoms with E-state index < -0.39 is 0 Å². The van der Waals surface area contributed by atoms with Gasteiger partial charge in [-0.25, -0.2) is 4.79 Å². The average Bonchev–Trinajstić information content (AvgIpc) is 3.25. The fourth-order valence-electron chi connectivity index (χ4n) is 4.09. The van der Waals surface area contributed by atoms with Crippen molar-refractivity contribution in [3.63, 3.8) is 0 Å². The van der Waals surface area contributed by atoms with Crippen molar-refractivity contribution < 1.29 is 14.3 Å².